The first-order valence-electron chi connectivity index (χ1n) is 7.29. The summed E-state index contributed by atoms with van der Waals surface area (Å²) in [6.07, 6.45) is 3.42. The number of carbonyl (C=O) groups is 1. The minimum atomic E-state index is 0.0546. The molecule has 1 aromatic rings. The fourth-order valence-corrected chi connectivity index (χ4v) is 3.00. The normalized spacial score (nSPS) is 24.8. The van der Waals surface area contributed by atoms with E-state index in [1.165, 1.54) is 24.0 Å². The van der Waals surface area contributed by atoms with Crippen molar-refractivity contribution in [3.63, 3.8) is 0 Å². The molecule has 2 aliphatic rings. The SMILES string of the molecule is Cc1ccccc1C(C)N1CCC(NC2CC2)C1=O. The number of rotatable bonds is 4. The van der Waals surface area contributed by atoms with Crippen molar-refractivity contribution in [3.8, 4) is 0 Å². The lowest BCUT2D eigenvalue weighted by Crippen LogP contribution is -2.40. The van der Waals surface area contributed by atoms with Gasteiger partial charge in [-0.05, 0) is 44.2 Å². The van der Waals surface area contributed by atoms with Crippen LogP contribution in [0.4, 0.5) is 0 Å². The van der Waals surface area contributed by atoms with Crippen molar-refractivity contribution in [3.05, 3.63) is 35.4 Å². The maximum atomic E-state index is 12.5. The average molecular weight is 258 g/mol. The molecular formula is C16H22N2O. The summed E-state index contributed by atoms with van der Waals surface area (Å²) in [6, 6.07) is 9.19. The zero-order valence-corrected chi connectivity index (χ0v) is 11.7. The molecule has 0 radical (unpaired) electrons. The Morgan fingerprint density at radius 3 is 2.68 bits per heavy atom. The molecule has 1 N–H and O–H groups in total. The van der Waals surface area contributed by atoms with Gasteiger partial charge < -0.3 is 10.2 Å². The van der Waals surface area contributed by atoms with E-state index in [1.807, 2.05) is 4.90 Å². The number of hydrogen-bond donors (Lipinski definition) is 1. The number of aryl methyl sites for hydroxylation is 1. The molecule has 0 spiro atoms. The zero-order chi connectivity index (χ0) is 13.4. The summed E-state index contributed by atoms with van der Waals surface area (Å²) >= 11 is 0. The minimum Gasteiger partial charge on any atom is -0.334 e. The summed E-state index contributed by atoms with van der Waals surface area (Å²) in [5, 5.41) is 3.46. The van der Waals surface area contributed by atoms with E-state index >= 15 is 0 Å². The third kappa shape index (κ3) is 2.52. The Morgan fingerprint density at radius 2 is 2.00 bits per heavy atom. The fraction of sp³-hybridized carbons (Fsp3) is 0.562. The van der Waals surface area contributed by atoms with E-state index in [0.29, 0.717) is 6.04 Å². The van der Waals surface area contributed by atoms with Gasteiger partial charge >= 0.3 is 0 Å². The zero-order valence-electron chi connectivity index (χ0n) is 11.7. The van der Waals surface area contributed by atoms with E-state index in [0.717, 1.165) is 13.0 Å². The number of likely N-dealkylation sites (tertiary alicyclic amines) is 1. The molecule has 1 aliphatic carbocycles. The Hall–Kier alpha value is -1.35. The first-order chi connectivity index (χ1) is 9.16. The Kier molecular flexibility index (Phi) is 3.31. The molecule has 3 rings (SSSR count). The maximum Gasteiger partial charge on any atom is 0.240 e. The number of nitrogens with one attached hydrogen (secondary N) is 1. The molecule has 0 bridgehead atoms. The highest BCUT2D eigenvalue weighted by molar-refractivity contribution is 5.84. The Morgan fingerprint density at radius 1 is 1.26 bits per heavy atom. The molecule has 1 saturated heterocycles. The van der Waals surface area contributed by atoms with Gasteiger partial charge in [0.15, 0.2) is 0 Å². The van der Waals surface area contributed by atoms with Gasteiger partial charge in [-0.2, -0.15) is 0 Å². The second kappa shape index (κ2) is 4.97. The molecular weight excluding hydrogens is 236 g/mol. The number of benzene rings is 1. The third-order valence-corrected chi connectivity index (χ3v) is 4.36. The first kappa shape index (κ1) is 12.7. The average Bonchev–Trinajstić information content (AvgIpc) is 3.14. The van der Waals surface area contributed by atoms with Gasteiger partial charge in [0, 0.05) is 12.6 Å². The lowest BCUT2D eigenvalue weighted by molar-refractivity contribution is -0.131. The third-order valence-electron chi connectivity index (χ3n) is 4.36. The highest BCUT2D eigenvalue weighted by Gasteiger charge is 2.37. The molecule has 102 valence electrons. The highest BCUT2D eigenvalue weighted by Crippen LogP contribution is 2.29. The molecule has 2 fully saturated rings. The van der Waals surface area contributed by atoms with Gasteiger partial charge in [-0.15, -0.1) is 0 Å². The fourth-order valence-electron chi connectivity index (χ4n) is 3.00. The molecule has 2 atom stereocenters. The van der Waals surface area contributed by atoms with Crippen LogP contribution in [0.2, 0.25) is 0 Å². The number of nitrogens with zero attached hydrogens (tertiary/aromatic N) is 1. The number of carbonyl (C=O) groups excluding carboxylic acids is 1. The van der Waals surface area contributed by atoms with Crippen LogP contribution in [0.3, 0.4) is 0 Å². The van der Waals surface area contributed by atoms with E-state index in [4.69, 9.17) is 0 Å². The monoisotopic (exact) mass is 258 g/mol. The van der Waals surface area contributed by atoms with Crippen LogP contribution >= 0.6 is 0 Å². The lowest BCUT2D eigenvalue weighted by Gasteiger charge is -2.26. The van der Waals surface area contributed by atoms with Crippen LogP contribution in [-0.2, 0) is 4.79 Å². The molecule has 1 heterocycles. The predicted molar refractivity (Wildman–Crippen MR) is 75.9 cm³/mol. The van der Waals surface area contributed by atoms with Gasteiger partial charge in [0.05, 0.1) is 12.1 Å². The second-order valence-electron chi connectivity index (χ2n) is 5.85. The maximum absolute atomic E-state index is 12.5. The molecule has 0 aromatic heterocycles. The quantitative estimate of drug-likeness (QED) is 0.899. The molecule has 3 heteroatoms. The van der Waals surface area contributed by atoms with Crippen molar-refractivity contribution in [1.82, 2.24) is 10.2 Å². The Balaban J connectivity index is 1.72. The van der Waals surface area contributed by atoms with E-state index in [9.17, 15) is 4.79 Å². The van der Waals surface area contributed by atoms with Gasteiger partial charge in [-0.3, -0.25) is 4.79 Å². The molecule has 1 aromatic carbocycles. The smallest absolute Gasteiger partial charge is 0.240 e. The van der Waals surface area contributed by atoms with E-state index in [2.05, 4.69) is 43.4 Å². The minimum absolute atomic E-state index is 0.0546. The van der Waals surface area contributed by atoms with Crippen molar-refractivity contribution in [1.29, 1.82) is 0 Å². The molecule has 1 saturated carbocycles. The summed E-state index contributed by atoms with van der Waals surface area (Å²) in [4.78, 5) is 14.5. The second-order valence-corrected chi connectivity index (χ2v) is 5.85. The molecule has 2 unspecified atom stereocenters. The molecule has 1 aliphatic heterocycles. The van der Waals surface area contributed by atoms with Gasteiger partial charge in [0.2, 0.25) is 5.91 Å². The summed E-state index contributed by atoms with van der Waals surface area (Å²) < 4.78 is 0. The Labute approximate surface area is 115 Å². The van der Waals surface area contributed by atoms with Crippen LogP contribution in [0.1, 0.15) is 43.4 Å². The predicted octanol–water partition coefficient (Wildman–Crippen LogP) is 2.41. The number of hydrogen-bond acceptors (Lipinski definition) is 2. The summed E-state index contributed by atoms with van der Waals surface area (Å²) in [6.45, 7) is 5.13. The lowest BCUT2D eigenvalue weighted by atomic mass is 10.0. The van der Waals surface area contributed by atoms with Crippen LogP contribution in [0.25, 0.3) is 0 Å². The van der Waals surface area contributed by atoms with E-state index < -0.39 is 0 Å². The molecule has 1 amide bonds. The van der Waals surface area contributed by atoms with Gasteiger partial charge in [0.1, 0.15) is 0 Å². The summed E-state index contributed by atoms with van der Waals surface area (Å²) in [5.74, 6) is 0.280. The molecule has 3 nitrogen and oxygen atoms in total. The van der Waals surface area contributed by atoms with Crippen LogP contribution in [0.5, 0.6) is 0 Å². The summed E-state index contributed by atoms with van der Waals surface area (Å²) in [5.41, 5.74) is 2.53. The topological polar surface area (TPSA) is 32.3 Å². The number of amides is 1. The van der Waals surface area contributed by atoms with Crippen LogP contribution in [-0.4, -0.2) is 29.4 Å². The van der Waals surface area contributed by atoms with Crippen molar-refractivity contribution in [2.75, 3.05) is 6.54 Å². The molecule has 19 heavy (non-hydrogen) atoms. The van der Waals surface area contributed by atoms with Gasteiger partial charge in [-0.1, -0.05) is 24.3 Å². The van der Waals surface area contributed by atoms with Crippen molar-refractivity contribution < 1.29 is 4.79 Å². The van der Waals surface area contributed by atoms with Crippen LogP contribution in [0.15, 0.2) is 24.3 Å². The van der Waals surface area contributed by atoms with Crippen LogP contribution in [0, 0.1) is 6.92 Å². The van der Waals surface area contributed by atoms with Gasteiger partial charge in [0.25, 0.3) is 0 Å². The van der Waals surface area contributed by atoms with Crippen molar-refractivity contribution in [2.45, 2.75) is 51.2 Å². The van der Waals surface area contributed by atoms with Crippen LogP contribution < -0.4 is 5.32 Å². The summed E-state index contributed by atoms with van der Waals surface area (Å²) in [7, 11) is 0. The Bertz CT molecular complexity index is 481. The van der Waals surface area contributed by atoms with E-state index in [1.54, 1.807) is 0 Å². The van der Waals surface area contributed by atoms with Crippen molar-refractivity contribution in [2.24, 2.45) is 0 Å². The van der Waals surface area contributed by atoms with Gasteiger partial charge in [-0.25, -0.2) is 0 Å². The largest absolute Gasteiger partial charge is 0.334 e. The standard InChI is InChI=1S/C16H22N2O/c1-11-5-3-4-6-14(11)12(2)18-10-9-15(16(18)19)17-13-7-8-13/h3-6,12-13,15,17H,7-10H2,1-2H3. The highest BCUT2D eigenvalue weighted by atomic mass is 16.2. The first-order valence-corrected chi connectivity index (χ1v) is 7.29. The van der Waals surface area contributed by atoms with E-state index in [-0.39, 0.29) is 18.0 Å². The van der Waals surface area contributed by atoms with Crippen molar-refractivity contribution >= 4 is 5.91 Å².